The molecule has 104 valence electrons. The highest BCUT2D eigenvalue weighted by molar-refractivity contribution is 5.83. The van der Waals surface area contributed by atoms with E-state index in [-0.39, 0.29) is 11.7 Å². The van der Waals surface area contributed by atoms with Crippen molar-refractivity contribution in [3.63, 3.8) is 0 Å². The van der Waals surface area contributed by atoms with Crippen LogP contribution in [0.15, 0.2) is 29.4 Å². The Hall–Kier alpha value is -2.84. The average Bonchev–Trinajstić information content (AvgIpc) is 2.29. The van der Waals surface area contributed by atoms with Gasteiger partial charge in [0.15, 0.2) is 0 Å². The Bertz CT molecular complexity index is 461. The Morgan fingerprint density at radius 1 is 1.37 bits per heavy atom. The minimum atomic E-state index is -1.75. The second-order valence-corrected chi connectivity index (χ2v) is 3.48. The maximum Gasteiger partial charge on any atom is 0.362 e. The first-order chi connectivity index (χ1) is 8.81. The smallest absolute Gasteiger partial charge is 0.362 e. The number of hydrazone groups is 1. The van der Waals surface area contributed by atoms with Crippen LogP contribution < -0.4 is 16.6 Å². The van der Waals surface area contributed by atoms with Gasteiger partial charge in [-0.2, -0.15) is 5.10 Å². The van der Waals surface area contributed by atoms with Gasteiger partial charge in [0.25, 0.3) is 0 Å². The molecule has 0 aliphatic heterocycles. The van der Waals surface area contributed by atoms with E-state index in [2.05, 4.69) is 10.2 Å². The third-order valence-corrected chi connectivity index (χ3v) is 1.77. The van der Waals surface area contributed by atoms with E-state index >= 15 is 0 Å². The fraction of sp³-hybridized carbons (Fsp3) is 0.200. The van der Waals surface area contributed by atoms with Crippen molar-refractivity contribution in [1.82, 2.24) is 0 Å². The molecule has 1 aromatic rings. The highest BCUT2D eigenvalue weighted by Crippen LogP contribution is 2.10. The van der Waals surface area contributed by atoms with Gasteiger partial charge < -0.3 is 20.4 Å². The van der Waals surface area contributed by atoms with Crippen molar-refractivity contribution in [3.8, 4) is 5.75 Å². The molecule has 0 fully saturated rings. The van der Waals surface area contributed by atoms with E-state index in [1.807, 2.05) is 19.1 Å². The van der Waals surface area contributed by atoms with Gasteiger partial charge in [0.2, 0.25) is 0 Å². The molecule has 6 N–H and O–H groups in total. The van der Waals surface area contributed by atoms with Gasteiger partial charge >= 0.3 is 5.96 Å². The molecule has 0 atom stereocenters. The molecule has 1 rings (SSSR count). The topological polar surface area (TPSA) is 165 Å². The molecule has 9 nitrogen and oxygen atoms in total. The summed E-state index contributed by atoms with van der Waals surface area (Å²) in [7, 11) is 0. The number of phenols is 1. The standard InChI is InChI=1S/C10H14N4O.NO3/c1-7(13-14-10(11)12)6-8-2-4-9(15)5-3-8;2-1(3)4/h2-5,15H,6H2,1H3,(H4,11,12,14);/q;-1/p+1/b13-7+;. The fourth-order valence-corrected chi connectivity index (χ4v) is 1.11. The van der Waals surface area contributed by atoms with Crippen molar-refractivity contribution in [3.05, 3.63) is 45.2 Å². The first kappa shape index (κ1) is 16.2. The molecule has 0 spiro atoms. The predicted octanol–water partition coefficient (Wildman–Crippen LogP) is -1.57. The summed E-state index contributed by atoms with van der Waals surface area (Å²) in [6.07, 6.45) is 0.681. The normalized spacial score (nSPS) is 10.1. The number of benzene rings is 1. The largest absolute Gasteiger partial charge is 0.508 e. The Labute approximate surface area is 109 Å². The number of nitrogens with one attached hydrogen (secondary N) is 1. The second-order valence-electron chi connectivity index (χ2n) is 3.48. The molecule has 1 aromatic carbocycles. The number of hydrogen-bond acceptors (Lipinski definition) is 5. The molecule has 0 saturated carbocycles. The molecule has 0 saturated heterocycles. The van der Waals surface area contributed by atoms with E-state index in [1.165, 1.54) is 0 Å². The zero-order chi connectivity index (χ0) is 14.8. The van der Waals surface area contributed by atoms with E-state index in [1.54, 1.807) is 12.1 Å². The summed E-state index contributed by atoms with van der Waals surface area (Å²) in [5.41, 5.74) is 12.3. The Balaban J connectivity index is 0.000000711. The number of phenolic OH excluding ortho intramolecular Hbond substituents is 1. The quantitative estimate of drug-likeness (QED) is 0.224. The van der Waals surface area contributed by atoms with E-state index in [0.29, 0.717) is 6.42 Å². The number of nitrogens with zero attached hydrogens (tertiary/aromatic N) is 2. The van der Waals surface area contributed by atoms with Gasteiger partial charge in [-0.1, -0.05) is 12.1 Å². The van der Waals surface area contributed by atoms with Crippen LogP contribution in [0.25, 0.3) is 0 Å². The van der Waals surface area contributed by atoms with Crippen LogP contribution in [-0.4, -0.2) is 21.9 Å². The van der Waals surface area contributed by atoms with Gasteiger partial charge in [0, 0.05) is 6.42 Å². The van der Waals surface area contributed by atoms with Gasteiger partial charge in [-0.3, -0.25) is 11.5 Å². The van der Waals surface area contributed by atoms with Gasteiger partial charge in [0.1, 0.15) is 5.75 Å². The summed E-state index contributed by atoms with van der Waals surface area (Å²) < 4.78 is 0. The monoisotopic (exact) mass is 269 g/mol. The van der Waals surface area contributed by atoms with Crippen LogP contribution in [0.1, 0.15) is 12.5 Å². The fourth-order valence-electron chi connectivity index (χ4n) is 1.11. The maximum absolute atomic E-state index is 9.09. The molecule has 9 heteroatoms. The third-order valence-electron chi connectivity index (χ3n) is 1.77. The molecule has 0 heterocycles. The number of hydrogen-bond donors (Lipinski definition) is 4. The Morgan fingerprint density at radius 3 is 2.26 bits per heavy atom. The van der Waals surface area contributed by atoms with Crippen LogP contribution in [0.5, 0.6) is 5.75 Å². The molecule has 0 aromatic heterocycles. The van der Waals surface area contributed by atoms with Crippen LogP contribution in [-0.2, 0) is 6.42 Å². The molecular formula is C10H15N5O4. The minimum absolute atomic E-state index is 0.0695. The number of aromatic hydroxyl groups is 1. The van der Waals surface area contributed by atoms with E-state index in [9.17, 15) is 0 Å². The summed E-state index contributed by atoms with van der Waals surface area (Å²) in [4.78, 5) is 8.25. The Kier molecular flexibility index (Phi) is 7.04. The van der Waals surface area contributed by atoms with Crippen LogP contribution in [0.4, 0.5) is 0 Å². The number of rotatable bonds is 3. The summed E-state index contributed by atoms with van der Waals surface area (Å²) in [6, 6.07) is 6.95. The van der Waals surface area contributed by atoms with Gasteiger partial charge in [-0.15, -0.1) is 5.10 Å². The van der Waals surface area contributed by atoms with Crippen LogP contribution in [0.3, 0.4) is 0 Å². The highest BCUT2D eigenvalue weighted by atomic mass is 16.9. The van der Waals surface area contributed by atoms with Gasteiger partial charge in [-0.25, -0.2) is 0 Å². The molecule has 0 radical (unpaired) electrons. The van der Waals surface area contributed by atoms with Crippen LogP contribution in [0.2, 0.25) is 0 Å². The SMILES string of the molecule is C/C(Cc1ccc(O)cc1)=N\[NH+]=C(N)N.O=[N+]([O-])[O-]. The lowest BCUT2D eigenvalue weighted by atomic mass is 10.1. The molecule has 0 aliphatic rings. The van der Waals surface area contributed by atoms with Crippen molar-refractivity contribution in [2.75, 3.05) is 0 Å². The zero-order valence-electron chi connectivity index (χ0n) is 10.2. The van der Waals surface area contributed by atoms with Crippen molar-refractivity contribution >= 4 is 11.7 Å². The first-order valence-corrected chi connectivity index (χ1v) is 5.07. The molecule has 0 aliphatic carbocycles. The summed E-state index contributed by atoms with van der Waals surface area (Å²) >= 11 is 0. The maximum atomic E-state index is 9.09. The van der Waals surface area contributed by atoms with Gasteiger partial charge in [0.05, 0.1) is 10.8 Å². The van der Waals surface area contributed by atoms with Crippen LogP contribution in [0, 0.1) is 15.3 Å². The van der Waals surface area contributed by atoms with Crippen LogP contribution >= 0.6 is 0 Å². The highest BCUT2D eigenvalue weighted by Gasteiger charge is 1.97. The molecule has 0 unspecified atom stereocenters. The summed E-state index contributed by atoms with van der Waals surface area (Å²) in [5, 5.41) is 30.3. The number of nitrogens with two attached hydrogens (primary N) is 2. The van der Waals surface area contributed by atoms with E-state index < -0.39 is 5.09 Å². The van der Waals surface area contributed by atoms with Crippen molar-refractivity contribution in [1.29, 1.82) is 0 Å². The third kappa shape index (κ3) is 10.1. The molecule has 0 bridgehead atoms. The van der Waals surface area contributed by atoms with Crippen molar-refractivity contribution in [2.24, 2.45) is 16.6 Å². The second kappa shape index (κ2) is 8.28. The lowest BCUT2D eigenvalue weighted by molar-refractivity contribution is -0.464. The van der Waals surface area contributed by atoms with Gasteiger partial charge in [-0.05, 0) is 24.6 Å². The first-order valence-electron chi connectivity index (χ1n) is 5.07. The lowest BCUT2D eigenvalue weighted by Crippen LogP contribution is -2.72. The average molecular weight is 269 g/mol. The Morgan fingerprint density at radius 2 is 1.84 bits per heavy atom. The predicted molar refractivity (Wildman–Crippen MR) is 69.6 cm³/mol. The number of guanidine groups is 1. The van der Waals surface area contributed by atoms with Crippen molar-refractivity contribution < 1.29 is 15.3 Å². The molecular weight excluding hydrogens is 254 g/mol. The summed E-state index contributed by atoms with van der Waals surface area (Å²) in [6.45, 7) is 1.86. The minimum Gasteiger partial charge on any atom is -0.508 e. The van der Waals surface area contributed by atoms with E-state index in [0.717, 1.165) is 11.3 Å². The molecule has 0 amide bonds. The van der Waals surface area contributed by atoms with E-state index in [4.69, 9.17) is 31.9 Å². The zero-order valence-corrected chi connectivity index (χ0v) is 10.2. The lowest BCUT2D eigenvalue weighted by Gasteiger charge is -1.99. The summed E-state index contributed by atoms with van der Waals surface area (Å²) in [5.74, 6) is 0.325. The van der Waals surface area contributed by atoms with Crippen molar-refractivity contribution in [2.45, 2.75) is 13.3 Å². The molecule has 19 heavy (non-hydrogen) atoms.